The average molecular weight is 382 g/mol. The first kappa shape index (κ1) is 19.8. The van der Waals surface area contributed by atoms with Crippen LogP contribution < -0.4 is 10.1 Å². The van der Waals surface area contributed by atoms with Crippen molar-refractivity contribution in [3.05, 3.63) is 41.7 Å². The van der Waals surface area contributed by atoms with Crippen LogP contribution in [0.15, 0.2) is 30.3 Å². The lowest BCUT2D eigenvalue weighted by atomic mass is 10.1. The van der Waals surface area contributed by atoms with Gasteiger partial charge in [0.05, 0.1) is 5.92 Å². The van der Waals surface area contributed by atoms with E-state index in [2.05, 4.69) is 15.3 Å². The third-order valence-electron chi connectivity index (χ3n) is 4.58. The van der Waals surface area contributed by atoms with Crippen LogP contribution in [0.25, 0.3) is 0 Å². The molecule has 2 amide bonds. The Labute approximate surface area is 165 Å². The molecule has 1 N–H and O–H groups in total. The second kappa shape index (κ2) is 7.58. The highest BCUT2D eigenvalue weighted by Crippen LogP contribution is 2.28. The molecule has 0 radical (unpaired) electrons. The lowest BCUT2D eigenvalue weighted by Gasteiger charge is -2.31. The van der Waals surface area contributed by atoms with Gasteiger partial charge < -0.3 is 15.0 Å². The molecule has 148 valence electrons. The van der Waals surface area contributed by atoms with Crippen LogP contribution in [-0.2, 0) is 9.59 Å². The van der Waals surface area contributed by atoms with Crippen LogP contribution >= 0.6 is 0 Å². The Kier molecular flexibility index (Phi) is 5.36. The van der Waals surface area contributed by atoms with E-state index in [1.165, 1.54) is 0 Å². The number of anilines is 1. The van der Waals surface area contributed by atoms with Crippen molar-refractivity contribution < 1.29 is 14.3 Å². The van der Waals surface area contributed by atoms with Gasteiger partial charge >= 0.3 is 6.01 Å². The standard InChI is InChI=1S/C21H26N4O3/c1-13-9-14(2)23-20(22-13)28-17-8-6-7-16(11-17)24-19(27)15-10-18(26)25(12-15)21(3,4)5/h6-9,11,15H,10,12H2,1-5H3,(H,24,27). The number of likely N-dealkylation sites (tertiary alicyclic amines) is 1. The number of benzene rings is 1. The van der Waals surface area contributed by atoms with Crippen molar-refractivity contribution in [2.24, 2.45) is 5.92 Å². The number of carbonyl (C=O) groups is 2. The number of amides is 2. The van der Waals surface area contributed by atoms with Crippen molar-refractivity contribution in [3.63, 3.8) is 0 Å². The van der Waals surface area contributed by atoms with E-state index in [0.29, 0.717) is 18.0 Å². The molecule has 1 atom stereocenters. The Bertz CT molecular complexity index is 885. The molecule has 1 aromatic carbocycles. The molecular formula is C21H26N4O3. The molecule has 1 unspecified atom stereocenters. The molecule has 1 aromatic heterocycles. The third kappa shape index (κ3) is 4.65. The lowest BCUT2D eigenvalue weighted by molar-refractivity contribution is -0.131. The van der Waals surface area contributed by atoms with Crippen LogP contribution in [0.2, 0.25) is 0 Å². The fourth-order valence-corrected chi connectivity index (χ4v) is 3.26. The summed E-state index contributed by atoms with van der Waals surface area (Å²) >= 11 is 0. The van der Waals surface area contributed by atoms with Crippen molar-refractivity contribution in [3.8, 4) is 11.8 Å². The van der Waals surface area contributed by atoms with E-state index in [0.717, 1.165) is 11.4 Å². The summed E-state index contributed by atoms with van der Waals surface area (Å²) in [6, 6.07) is 9.20. The van der Waals surface area contributed by atoms with Gasteiger partial charge in [-0.1, -0.05) is 6.07 Å². The van der Waals surface area contributed by atoms with Crippen LogP contribution in [-0.4, -0.2) is 38.8 Å². The monoisotopic (exact) mass is 382 g/mol. The van der Waals surface area contributed by atoms with Crippen molar-refractivity contribution >= 4 is 17.5 Å². The maximum absolute atomic E-state index is 12.6. The number of aromatic nitrogens is 2. The van der Waals surface area contributed by atoms with Crippen molar-refractivity contribution in [1.82, 2.24) is 14.9 Å². The van der Waals surface area contributed by atoms with Gasteiger partial charge in [-0.25, -0.2) is 9.97 Å². The van der Waals surface area contributed by atoms with Gasteiger partial charge in [-0.2, -0.15) is 0 Å². The quantitative estimate of drug-likeness (QED) is 0.875. The van der Waals surface area contributed by atoms with E-state index in [1.807, 2.05) is 40.7 Å². The Hall–Kier alpha value is -2.96. The van der Waals surface area contributed by atoms with Gasteiger partial charge in [-0.15, -0.1) is 0 Å². The summed E-state index contributed by atoms with van der Waals surface area (Å²) in [6.07, 6.45) is 0.232. The second-order valence-corrected chi connectivity index (χ2v) is 8.13. The molecule has 7 nitrogen and oxygen atoms in total. The molecule has 0 spiro atoms. The number of carbonyl (C=O) groups excluding carboxylic acids is 2. The summed E-state index contributed by atoms with van der Waals surface area (Å²) in [5, 5.41) is 2.89. The van der Waals surface area contributed by atoms with E-state index >= 15 is 0 Å². The molecule has 7 heteroatoms. The number of aryl methyl sites for hydroxylation is 2. The van der Waals surface area contributed by atoms with Crippen LogP contribution in [0.3, 0.4) is 0 Å². The van der Waals surface area contributed by atoms with E-state index in [9.17, 15) is 9.59 Å². The first-order chi connectivity index (χ1) is 13.1. The van der Waals surface area contributed by atoms with Gasteiger partial charge in [-0.3, -0.25) is 9.59 Å². The van der Waals surface area contributed by atoms with E-state index in [4.69, 9.17) is 4.74 Å². The number of rotatable bonds is 4. The minimum atomic E-state index is -0.362. The highest BCUT2D eigenvalue weighted by atomic mass is 16.5. The highest BCUT2D eigenvalue weighted by molar-refractivity contribution is 5.97. The normalized spacial score (nSPS) is 17.0. The minimum Gasteiger partial charge on any atom is -0.424 e. The molecule has 1 aliphatic heterocycles. The predicted molar refractivity (Wildman–Crippen MR) is 106 cm³/mol. The molecule has 1 aliphatic rings. The molecule has 0 bridgehead atoms. The predicted octanol–water partition coefficient (Wildman–Crippen LogP) is 3.47. The highest BCUT2D eigenvalue weighted by Gasteiger charge is 2.39. The number of hydrogen-bond donors (Lipinski definition) is 1. The van der Waals surface area contributed by atoms with Crippen LogP contribution in [0.5, 0.6) is 11.8 Å². The number of nitrogens with zero attached hydrogens (tertiary/aromatic N) is 3. The maximum Gasteiger partial charge on any atom is 0.322 e. The second-order valence-electron chi connectivity index (χ2n) is 8.13. The number of hydrogen-bond acceptors (Lipinski definition) is 5. The van der Waals surface area contributed by atoms with Crippen molar-refractivity contribution in [2.75, 3.05) is 11.9 Å². The summed E-state index contributed by atoms with van der Waals surface area (Å²) in [5.41, 5.74) is 1.96. The van der Waals surface area contributed by atoms with Crippen molar-refractivity contribution in [2.45, 2.75) is 46.6 Å². The SMILES string of the molecule is Cc1cc(C)nc(Oc2cccc(NC(=O)C3CC(=O)N(C(C)(C)C)C3)c2)n1. The Morgan fingerprint density at radius 3 is 2.46 bits per heavy atom. The topological polar surface area (TPSA) is 84.4 Å². The van der Waals surface area contributed by atoms with Crippen molar-refractivity contribution in [1.29, 1.82) is 0 Å². The molecular weight excluding hydrogens is 356 g/mol. The summed E-state index contributed by atoms with van der Waals surface area (Å²) in [4.78, 5) is 35.1. The summed E-state index contributed by atoms with van der Waals surface area (Å²) in [6.45, 7) is 10.1. The fourth-order valence-electron chi connectivity index (χ4n) is 3.26. The zero-order valence-electron chi connectivity index (χ0n) is 16.9. The Morgan fingerprint density at radius 2 is 1.86 bits per heavy atom. The number of ether oxygens (including phenoxy) is 1. The fraction of sp³-hybridized carbons (Fsp3) is 0.429. The number of nitrogens with one attached hydrogen (secondary N) is 1. The van der Waals surface area contributed by atoms with Crippen LogP contribution in [0.4, 0.5) is 5.69 Å². The lowest BCUT2D eigenvalue weighted by Crippen LogP contribution is -2.42. The average Bonchev–Trinajstić information content (AvgIpc) is 2.96. The minimum absolute atomic E-state index is 0.0108. The van der Waals surface area contributed by atoms with Crippen LogP contribution in [0.1, 0.15) is 38.6 Å². The largest absolute Gasteiger partial charge is 0.424 e. The molecule has 2 heterocycles. The van der Waals surface area contributed by atoms with Gasteiger partial charge in [0.25, 0.3) is 0 Å². The maximum atomic E-state index is 12.6. The first-order valence-corrected chi connectivity index (χ1v) is 9.33. The van der Waals surface area contributed by atoms with Gasteiger partial charge in [0.15, 0.2) is 0 Å². The molecule has 1 fully saturated rings. The van der Waals surface area contributed by atoms with Crippen LogP contribution in [0, 0.1) is 19.8 Å². The Balaban J connectivity index is 1.68. The molecule has 0 saturated carbocycles. The molecule has 1 saturated heterocycles. The summed E-state index contributed by atoms with van der Waals surface area (Å²) < 4.78 is 5.73. The molecule has 2 aromatic rings. The van der Waals surface area contributed by atoms with Gasteiger partial charge in [0, 0.05) is 41.6 Å². The summed E-state index contributed by atoms with van der Waals surface area (Å²) in [7, 11) is 0. The Morgan fingerprint density at radius 1 is 1.18 bits per heavy atom. The smallest absolute Gasteiger partial charge is 0.322 e. The third-order valence-corrected chi connectivity index (χ3v) is 4.58. The van der Waals surface area contributed by atoms with E-state index < -0.39 is 0 Å². The molecule has 0 aliphatic carbocycles. The van der Waals surface area contributed by atoms with E-state index in [-0.39, 0.29) is 35.7 Å². The van der Waals surface area contributed by atoms with E-state index in [1.54, 1.807) is 29.2 Å². The molecule has 3 rings (SSSR count). The zero-order valence-corrected chi connectivity index (χ0v) is 16.9. The van der Waals surface area contributed by atoms with Gasteiger partial charge in [-0.05, 0) is 52.8 Å². The molecule has 28 heavy (non-hydrogen) atoms. The zero-order chi connectivity index (χ0) is 20.5. The van der Waals surface area contributed by atoms with Gasteiger partial charge in [0.1, 0.15) is 5.75 Å². The van der Waals surface area contributed by atoms with Gasteiger partial charge in [0.2, 0.25) is 11.8 Å². The summed E-state index contributed by atoms with van der Waals surface area (Å²) in [5.74, 6) is 0.0114. The first-order valence-electron chi connectivity index (χ1n) is 9.33.